The first-order valence-electron chi connectivity index (χ1n) is 4.60. The number of halogens is 2. The first kappa shape index (κ1) is 14.8. The van der Waals surface area contributed by atoms with E-state index < -0.39 is 6.43 Å². The minimum atomic E-state index is -2.38. The summed E-state index contributed by atoms with van der Waals surface area (Å²) < 4.78 is 23.1. The number of carbonyl (C=O) groups excluding carboxylic acids is 1. The lowest BCUT2D eigenvalue weighted by atomic mass is 10.3. The molecule has 0 aromatic heterocycles. The van der Waals surface area contributed by atoms with Crippen molar-refractivity contribution < 1.29 is 13.6 Å². The van der Waals surface area contributed by atoms with Crippen LogP contribution in [0.3, 0.4) is 0 Å². The van der Waals surface area contributed by atoms with E-state index in [1.165, 1.54) is 0 Å². The molecule has 0 fully saturated rings. The van der Waals surface area contributed by atoms with E-state index in [1.54, 1.807) is 13.8 Å². The van der Waals surface area contributed by atoms with Gasteiger partial charge in [0, 0.05) is 18.9 Å². The fourth-order valence-electron chi connectivity index (χ4n) is 0.634. The third kappa shape index (κ3) is 14.2. The number of alkyl halides is 2. The van der Waals surface area contributed by atoms with Crippen LogP contribution in [0.2, 0.25) is 0 Å². The molecule has 0 spiro atoms. The van der Waals surface area contributed by atoms with Gasteiger partial charge in [-0.2, -0.15) is 0 Å². The van der Waals surface area contributed by atoms with E-state index in [2.05, 4.69) is 5.32 Å². The molecule has 0 aliphatic carbocycles. The number of carbonyl (C=O) groups is 1. The van der Waals surface area contributed by atoms with E-state index in [1.807, 2.05) is 13.8 Å². The van der Waals surface area contributed by atoms with Crippen molar-refractivity contribution in [1.82, 2.24) is 5.32 Å². The first-order valence-corrected chi connectivity index (χ1v) is 4.60. The smallest absolute Gasteiger partial charge is 0.239 e. The molecule has 0 saturated heterocycles. The van der Waals surface area contributed by atoms with Crippen LogP contribution in [0.1, 0.15) is 40.5 Å². The fourth-order valence-corrected chi connectivity index (χ4v) is 0.634. The number of nitrogens with one attached hydrogen (secondary N) is 1. The molecule has 0 aromatic rings. The van der Waals surface area contributed by atoms with Crippen molar-refractivity contribution in [3.05, 3.63) is 0 Å². The largest absolute Gasteiger partial charge is 0.354 e. The van der Waals surface area contributed by atoms with E-state index in [9.17, 15) is 13.6 Å². The van der Waals surface area contributed by atoms with Crippen molar-refractivity contribution in [2.24, 2.45) is 0 Å². The molecule has 0 unspecified atom stereocenters. The van der Waals surface area contributed by atoms with Gasteiger partial charge < -0.3 is 5.32 Å². The normalized spacial score (nSPS) is 9.54. The van der Waals surface area contributed by atoms with Crippen molar-refractivity contribution in [2.45, 2.75) is 53.0 Å². The monoisotopic (exact) mass is 195 g/mol. The molecule has 0 bridgehead atoms. The Hall–Kier alpha value is -0.670. The lowest BCUT2D eigenvalue weighted by Crippen LogP contribution is -2.30. The molecule has 1 amide bonds. The predicted octanol–water partition coefficient (Wildman–Crippen LogP) is 2.58. The zero-order chi connectivity index (χ0) is 10.9. The number of hydrogen-bond donors (Lipinski definition) is 1. The van der Waals surface area contributed by atoms with Crippen LogP contribution in [0.15, 0.2) is 0 Å². The van der Waals surface area contributed by atoms with Crippen LogP contribution in [-0.4, -0.2) is 18.4 Å². The Kier molecular flexibility index (Phi) is 10.7. The molecule has 0 aliphatic heterocycles. The van der Waals surface area contributed by atoms with E-state index in [0.29, 0.717) is 0 Å². The lowest BCUT2D eigenvalue weighted by Gasteiger charge is -2.07. The van der Waals surface area contributed by atoms with Crippen molar-refractivity contribution in [3.8, 4) is 0 Å². The second-order valence-corrected chi connectivity index (χ2v) is 2.65. The predicted molar refractivity (Wildman–Crippen MR) is 49.9 cm³/mol. The molecule has 2 nitrogen and oxygen atoms in total. The van der Waals surface area contributed by atoms with Gasteiger partial charge in [-0.25, -0.2) is 8.78 Å². The molecular formula is C9H19F2NO. The summed E-state index contributed by atoms with van der Waals surface area (Å²) in [6.45, 7) is 7.58. The van der Waals surface area contributed by atoms with Gasteiger partial charge >= 0.3 is 0 Å². The standard InChI is InChI=1S/C7H13F2NO.C2H6/c1-5(2)10-7(11)4-3-6(8)9;1-2/h5-6H,3-4H2,1-2H3,(H,10,11);1-2H3. The van der Waals surface area contributed by atoms with Gasteiger partial charge in [0.2, 0.25) is 12.3 Å². The van der Waals surface area contributed by atoms with Crippen LogP contribution in [0.5, 0.6) is 0 Å². The summed E-state index contributed by atoms with van der Waals surface area (Å²) in [7, 11) is 0. The van der Waals surface area contributed by atoms with Crippen molar-refractivity contribution in [2.75, 3.05) is 0 Å². The number of amides is 1. The Bertz CT molecular complexity index is 127. The Morgan fingerprint density at radius 3 is 2.08 bits per heavy atom. The fraction of sp³-hybridized carbons (Fsp3) is 0.889. The van der Waals surface area contributed by atoms with Crippen LogP contribution in [0.25, 0.3) is 0 Å². The summed E-state index contributed by atoms with van der Waals surface area (Å²) in [5.41, 5.74) is 0. The molecule has 4 heteroatoms. The maximum Gasteiger partial charge on any atom is 0.239 e. The number of hydrogen-bond acceptors (Lipinski definition) is 1. The zero-order valence-corrected chi connectivity index (χ0v) is 8.73. The Morgan fingerprint density at radius 1 is 1.31 bits per heavy atom. The Labute approximate surface area is 78.7 Å². The molecular weight excluding hydrogens is 176 g/mol. The summed E-state index contributed by atoms with van der Waals surface area (Å²) in [5.74, 6) is -0.305. The molecule has 0 saturated carbocycles. The van der Waals surface area contributed by atoms with Gasteiger partial charge in [-0.1, -0.05) is 13.8 Å². The van der Waals surface area contributed by atoms with Crippen LogP contribution < -0.4 is 5.32 Å². The maximum absolute atomic E-state index is 11.6. The highest BCUT2D eigenvalue weighted by Crippen LogP contribution is 2.02. The van der Waals surface area contributed by atoms with Crippen molar-refractivity contribution in [1.29, 1.82) is 0 Å². The highest BCUT2D eigenvalue weighted by atomic mass is 19.3. The van der Waals surface area contributed by atoms with E-state index in [-0.39, 0.29) is 24.8 Å². The summed E-state index contributed by atoms with van der Waals surface area (Å²) in [5, 5.41) is 2.53. The van der Waals surface area contributed by atoms with Crippen molar-refractivity contribution >= 4 is 5.91 Å². The van der Waals surface area contributed by atoms with Gasteiger partial charge in [-0.3, -0.25) is 4.79 Å². The van der Waals surface area contributed by atoms with Gasteiger partial charge in [-0.15, -0.1) is 0 Å². The highest BCUT2D eigenvalue weighted by molar-refractivity contribution is 5.76. The summed E-state index contributed by atoms with van der Waals surface area (Å²) in [6, 6.07) is 0.0279. The molecule has 1 N–H and O–H groups in total. The molecule has 0 aliphatic rings. The molecule has 0 atom stereocenters. The van der Waals surface area contributed by atoms with E-state index in [0.717, 1.165) is 0 Å². The lowest BCUT2D eigenvalue weighted by molar-refractivity contribution is -0.122. The molecule has 0 heterocycles. The summed E-state index contributed by atoms with van der Waals surface area (Å²) in [4.78, 5) is 10.7. The van der Waals surface area contributed by atoms with Gasteiger partial charge in [0.1, 0.15) is 0 Å². The van der Waals surface area contributed by atoms with Crippen molar-refractivity contribution in [3.63, 3.8) is 0 Å². The number of rotatable bonds is 4. The molecule has 0 aromatic carbocycles. The van der Waals surface area contributed by atoms with E-state index >= 15 is 0 Å². The first-order chi connectivity index (χ1) is 6.02. The average Bonchev–Trinajstić information content (AvgIpc) is 2.03. The van der Waals surface area contributed by atoms with Gasteiger partial charge in [-0.05, 0) is 13.8 Å². The molecule has 0 radical (unpaired) electrons. The van der Waals surface area contributed by atoms with Crippen LogP contribution in [-0.2, 0) is 4.79 Å². The molecule has 13 heavy (non-hydrogen) atoms. The zero-order valence-electron chi connectivity index (χ0n) is 8.73. The second-order valence-electron chi connectivity index (χ2n) is 2.65. The van der Waals surface area contributed by atoms with E-state index in [4.69, 9.17) is 0 Å². The minimum Gasteiger partial charge on any atom is -0.354 e. The SMILES string of the molecule is CC.CC(C)NC(=O)CCC(F)F. The minimum absolute atomic E-state index is 0.0279. The topological polar surface area (TPSA) is 29.1 Å². The average molecular weight is 195 g/mol. The third-order valence-corrected chi connectivity index (χ3v) is 1.04. The Morgan fingerprint density at radius 2 is 1.77 bits per heavy atom. The summed E-state index contributed by atoms with van der Waals surface area (Å²) in [6.07, 6.45) is -2.82. The maximum atomic E-state index is 11.6. The molecule has 80 valence electrons. The van der Waals surface area contributed by atoms with Gasteiger partial charge in [0.05, 0.1) is 0 Å². The highest BCUT2D eigenvalue weighted by Gasteiger charge is 2.07. The van der Waals surface area contributed by atoms with Crippen LogP contribution >= 0.6 is 0 Å². The Balaban J connectivity index is 0. The van der Waals surface area contributed by atoms with Gasteiger partial charge in [0.15, 0.2) is 0 Å². The quantitative estimate of drug-likeness (QED) is 0.734. The summed E-state index contributed by atoms with van der Waals surface area (Å²) >= 11 is 0. The third-order valence-electron chi connectivity index (χ3n) is 1.04. The van der Waals surface area contributed by atoms with Crippen LogP contribution in [0.4, 0.5) is 8.78 Å². The van der Waals surface area contributed by atoms with Crippen LogP contribution in [0, 0.1) is 0 Å². The second kappa shape index (κ2) is 9.42. The molecule has 0 rings (SSSR count). The van der Waals surface area contributed by atoms with Gasteiger partial charge in [0.25, 0.3) is 0 Å².